The minimum Gasteiger partial charge on any atom is -0.392 e. The van der Waals surface area contributed by atoms with E-state index in [4.69, 9.17) is 9.47 Å². The van der Waals surface area contributed by atoms with E-state index in [9.17, 15) is 9.59 Å². The van der Waals surface area contributed by atoms with Gasteiger partial charge >= 0.3 is 11.9 Å². The molecule has 114 valence electrons. The summed E-state index contributed by atoms with van der Waals surface area (Å²) in [5, 5.41) is 0. The minimum atomic E-state index is -0.526. The van der Waals surface area contributed by atoms with Crippen LogP contribution in [-0.2, 0) is 19.1 Å². The number of methoxy groups -OCH3 is 1. The molecule has 1 saturated carbocycles. The molecule has 20 heavy (non-hydrogen) atoms. The van der Waals surface area contributed by atoms with Crippen molar-refractivity contribution in [1.82, 2.24) is 0 Å². The van der Waals surface area contributed by atoms with E-state index >= 15 is 0 Å². The topological polar surface area (TPSA) is 52.6 Å². The van der Waals surface area contributed by atoms with Gasteiger partial charge in [-0.15, -0.1) is 0 Å². The van der Waals surface area contributed by atoms with E-state index in [1.807, 2.05) is 20.8 Å². The number of cyclic esters (lactones) is 2. The lowest BCUT2D eigenvalue weighted by Gasteiger charge is -2.33. The van der Waals surface area contributed by atoms with Gasteiger partial charge in [-0.3, -0.25) is 9.59 Å². The van der Waals surface area contributed by atoms with Gasteiger partial charge < -0.3 is 9.47 Å². The maximum absolute atomic E-state index is 12.2. The normalized spacial score (nSPS) is 37.1. The molecule has 2 aliphatic rings. The van der Waals surface area contributed by atoms with Crippen molar-refractivity contribution in [1.29, 1.82) is 0 Å². The van der Waals surface area contributed by atoms with Crippen molar-refractivity contribution in [2.24, 2.45) is 28.1 Å². The molecule has 0 N–H and O–H groups in total. The Morgan fingerprint density at radius 1 is 1.25 bits per heavy atom. The molecule has 0 radical (unpaired) electrons. The van der Waals surface area contributed by atoms with Crippen molar-refractivity contribution in [2.75, 3.05) is 7.11 Å². The third kappa shape index (κ3) is 1.92. The lowest BCUT2D eigenvalue weighted by molar-refractivity contribution is -0.174. The van der Waals surface area contributed by atoms with Crippen molar-refractivity contribution in [3.63, 3.8) is 0 Å². The summed E-state index contributed by atoms with van der Waals surface area (Å²) >= 11 is 0. The van der Waals surface area contributed by atoms with E-state index < -0.39 is 5.41 Å². The first-order valence-electron chi connectivity index (χ1n) is 7.26. The van der Waals surface area contributed by atoms with Crippen LogP contribution in [0.2, 0.25) is 0 Å². The molecule has 0 bridgehead atoms. The van der Waals surface area contributed by atoms with Crippen LogP contribution in [0.5, 0.6) is 0 Å². The predicted octanol–water partition coefficient (Wildman–Crippen LogP) is 2.80. The third-order valence-corrected chi connectivity index (χ3v) is 5.70. The fraction of sp³-hybridized carbons (Fsp3) is 0.875. The van der Waals surface area contributed by atoms with E-state index in [1.165, 1.54) is 0 Å². The van der Waals surface area contributed by atoms with E-state index in [1.54, 1.807) is 7.11 Å². The molecule has 1 saturated heterocycles. The van der Waals surface area contributed by atoms with Crippen LogP contribution >= 0.6 is 0 Å². The predicted molar refractivity (Wildman–Crippen MR) is 74.8 cm³/mol. The summed E-state index contributed by atoms with van der Waals surface area (Å²) in [5.74, 6) is -0.937. The molecule has 1 aliphatic heterocycles. The van der Waals surface area contributed by atoms with Crippen LogP contribution in [0.4, 0.5) is 0 Å². The molecule has 4 nitrogen and oxygen atoms in total. The second-order valence-corrected chi connectivity index (χ2v) is 8.04. The number of carbonyl (C=O) groups is 2. The van der Waals surface area contributed by atoms with Crippen LogP contribution < -0.4 is 0 Å². The van der Waals surface area contributed by atoms with E-state index in [2.05, 4.69) is 20.8 Å². The lowest BCUT2D eigenvalue weighted by atomic mass is 9.80. The first-order chi connectivity index (χ1) is 8.97. The molecule has 0 aromatic carbocycles. The molecular weight excluding hydrogens is 256 g/mol. The van der Waals surface area contributed by atoms with Crippen molar-refractivity contribution < 1.29 is 19.1 Å². The summed E-state index contributed by atoms with van der Waals surface area (Å²) in [5.41, 5.74) is -0.759. The molecule has 1 aliphatic carbocycles. The van der Waals surface area contributed by atoms with Crippen molar-refractivity contribution >= 4 is 11.9 Å². The van der Waals surface area contributed by atoms with Crippen LogP contribution in [0.1, 0.15) is 48.0 Å². The Morgan fingerprint density at radius 2 is 1.80 bits per heavy atom. The van der Waals surface area contributed by atoms with E-state index in [0.717, 1.165) is 0 Å². The number of carbonyl (C=O) groups excluding carboxylic acids is 2. The molecule has 0 aromatic rings. The molecule has 1 heterocycles. The maximum Gasteiger partial charge on any atom is 0.320 e. The van der Waals surface area contributed by atoms with Crippen LogP contribution in [0.15, 0.2) is 0 Å². The Bertz CT molecular complexity index is 446. The fourth-order valence-corrected chi connectivity index (χ4v) is 4.00. The number of fused-ring (bicyclic) bond motifs is 1. The lowest BCUT2D eigenvalue weighted by Crippen LogP contribution is -2.39. The first-order valence-corrected chi connectivity index (χ1v) is 7.26. The van der Waals surface area contributed by atoms with Crippen LogP contribution in [-0.4, -0.2) is 25.2 Å². The molecular formula is C16H26O4. The summed E-state index contributed by atoms with van der Waals surface area (Å²) in [4.78, 5) is 24.2. The molecule has 4 atom stereocenters. The van der Waals surface area contributed by atoms with Gasteiger partial charge in [0.25, 0.3) is 0 Å². The molecule has 0 spiro atoms. The average molecular weight is 282 g/mol. The van der Waals surface area contributed by atoms with Crippen LogP contribution in [0.25, 0.3) is 0 Å². The maximum atomic E-state index is 12.2. The fourth-order valence-electron chi connectivity index (χ4n) is 4.00. The SMILES string of the molecule is COC(CC1C(=O)OC(=O)C2(C)C1C2(C)C)C(C)(C)C. The monoisotopic (exact) mass is 282 g/mol. The number of hydrogen-bond acceptors (Lipinski definition) is 4. The Labute approximate surface area is 121 Å². The zero-order valence-electron chi connectivity index (χ0n) is 13.6. The van der Waals surface area contributed by atoms with Gasteiger partial charge in [-0.1, -0.05) is 34.6 Å². The summed E-state index contributed by atoms with van der Waals surface area (Å²) in [6, 6.07) is 0. The Morgan fingerprint density at radius 3 is 2.25 bits per heavy atom. The van der Waals surface area contributed by atoms with Gasteiger partial charge in [0.2, 0.25) is 0 Å². The molecule has 4 unspecified atom stereocenters. The van der Waals surface area contributed by atoms with Gasteiger partial charge in [0.05, 0.1) is 17.4 Å². The highest BCUT2D eigenvalue weighted by molar-refractivity contribution is 5.97. The molecule has 0 aromatic heterocycles. The largest absolute Gasteiger partial charge is 0.392 e. The average Bonchev–Trinajstić information content (AvgIpc) is 2.74. The Kier molecular flexibility index (Phi) is 3.33. The van der Waals surface area contributed by atoms with Gasteiger partial charge in [0.15, 0.2) is 0 Å². The van der Waals surface area contributed by atoms with Crippen molar-refractivity contribution in [2.45, 2.75) is 54.1 Å². The van der Waals surface area contributed by atoms with Crippen LogP contribution in [0, 0.1) is 28.1 Å². The summed E-state index contributed by atoms with van der Waals surface area (Å²) < 4.78 is 10.6. The van der Waals surface area contributed by atoms with E-state index in [0.29, 0.717) is 6.42 Å². The number of rotatable bonds is 3. The van der Waals surface area contributed by atoms with Gasteiger partial charge in [-0.05, 0) is 30.1 Å². The molecule has 0 amide bonds. The van der Waals surface area contributed by atoms with Gasteiger partial charge in [0.1, 0.15) is 0 Å². The highest BCUT2D eigenvalue weighted by Crippen LogP contribution is 2.74. The smallest absolute Gasteiger partial charge is 0.320 e. The Hall–Kier alpha value is -0.900. The molecule has 2 rings (SSSR count). The standard InChI is InChI=1S/C16H26O4/c1-14(2,3)10(19-7)8-9-11-15(4,5)16(11,6)13(18)20-12(9)17/h9-11H,8H2,1-7H3. The summed E-state index contributed by atoms with van der Waals surface area (Å²) in [6.07, 6.45) is 0.574. The van der Waals surface area contributed by atoms with E-state index in [-0.39, 0.29) is 40.7 Å². The third-order valence-electron chi connectivity index (χ3n) is 5.70. The number of ether oxygens (including phenoxy) is 2. The van der Waals surface area contributed by atoms with Gasteiger partial charge in [-0.2, -0.15) is 0 Å². The van der Waals surface area contributed by atoms with Crippen LogP contribution in [0.3, 0.4) is 0 Å². The highest BCUT2D eigenvalue weighted by Gasteiger charge is 2.78. The second-order valence-electron chi connectivity index (χ2n) is 8.04. The number of hydrogen-bond donors (Lipinski definition) is 0. The molecule has 2 fully saturated rings. The first kappa shape index (κ1) is 15.5. The number of esters is 2. The highest BCUT2D eigenvalue weighted by atomic mass is 16.6. The van der Waals surface area contributed by atoms with Gasteiger partial charge in [-0.25, -0.2) is 0 Å². The molecule has 4 heteroatoms. The quantitative estimate of drug-likeness (QED) is 0.590. The zero-order valence-corrected chi connectivity index (χ0v) is 13.6. The Balaban J connectivity index is 2.25. The van der Waals surface area contributed by atoms with Gasteiger partial charge in [0, 0.05) is 7.11 Å². The summed E-state index contributed by atoms with van der Waals surface area (Å²) in [6.45, 7) is 12.3. The summed E-state index contributed by atoms with van der Waals surface area (Å²) in [7, 11) is 1.67. The minimum absolute atomic E-state index is 0.0334. The van der Waals surface area contributed by atoms with Crippen molar-refractivity contribution in [3.05, 3.63) is 0 Å². The second kappa shape index (κ2) is 4.30. The van der Waals surface area contributed by atoms with Crippen molar-refractivity contribution in [3.8, 4) is 0 Å². The zero-order chi connectivity index (χ0) is 15.5.